The van der Waals surface area contributed by atoms with Crippen LogP contribution in [0.5, 0.6) is 5.75 Å². The van der Waals surface area contributed by atoms with Gasteiger partial charge in [0, 0.05) is 31.0 Å². The Kier molecular flexibility index (Phi) is 6.05. The van der Waals surface area contributed by atoms with Gasteiger partial charge in [-0.15, -0.1) is 0 Å². The zero-order valence-corrected chi connectivity index (χ0v) is 15.6. The summed E-state index contributed by atoms with van der Waals surface area (Å²) in [6, 6.07) is 21.3. The van der Waals surface area contributed by atoms with Gasteiger partial charge in [-0.3, -0.25) is 4.79 Å². The first kappa shape index (κ1) is 18.5. The van der Waals surface area contributed by atoms with Crippen LogP contribution in [0, 0.1) is 0 Å². The third-order valence-corrected chi connectivity index (χ3v) is 4.37. The molecule has 0 bridgehead atoms. The van der Waals surface area contributed by atoms with Crippen LogP contribution in [0.15, 0.2) is 72.9 Å². The molecular formula is C22H23N3O2. The number of rotatable bonds is 7. The van der Waals surface area contributed by atoms with Crippen LogP contribution >= 0.6 is 0 Å². The van der Waals surface area contributed by atoms with Crippen molar-refractivity contribution in [2.75, 3.05) is 25.6 Å². The summed E-state index contributed by atoms with van der Waals surface area (Å²) in [4.78, 5) is 18.8. The van der Waals surface area contributed by atoms with Gasteiger partial charge in [0.25, 0.3) is 5.91 Å². The van der Waals surface area contributed by atoms with Crippen molar-refractivity contribution in [2.24, 2.45) is 0 Å². The fourth-order valence-electron chi connectivity index (χ4n) is 2.85. The topological polar surface area (TPSA) is 54.5 Å². The van der Waals surface area contributed by atoms with E-state index in [2.05, 4.69) is 10.3 Å². The Morgan fingerprint density at radius 1 is 1.07 bits per heavy atom. The second-order valence-electron chi connectivity index (χ2n) is 6.12. The molecule has 5 heteroatoms. The Hall–Kier alpha value is -3.34. The van der Waals surface area contributed by atoms with E-state index in [4.69, 9.17) is 4.74 Å². The molecule has 138 valence electrons. The largest absolute Gasteiger partial charge is 0.496 e. The molecule has 0 fully saturated rings. The summed E-state index contributed by atoms with van der Waals surface area (Å²) < 4.78 is 5.35. The highest BCUT2D eigenvalue weighted by Crippen LogP contribution is 2.21. The first-order valence-corrected chi connectivity index (χ1v) is 8.84. The molecule has 0 saturated heterocycles. The third kappa shape index (κ3) is 4.64. The highest BCUT2D eigenvalue weighted by Gasteiger charge is 2.10. The molecule has 2 aromatic carbocycles. The number of carbonyl (C=O) groups excluding carboxylic acids is 1. The molecule has 1 heterocycles. The molecule has 1 amide bonds. The molecule has 3 rings (SSSR count). The van der Waals surface area contributed by atoms with Gasteiger partial charge in [-0.2, -0.15) is 0 Å². The van der Waals surface area contributed by atoms with E-state index in [-0.39, 0.29) is 5.91 Å². The van der Waals surface area contributed by atoms with Gasteiger partial charge in [0.2, 0.25) is 0 Å². The summed E-state index contributed by atoms with van der Waals surface area (Å²) in [6.45, 7) is 0.533. The molecule has 0 atom stereocenters. The number of hydrogen-bond acceptors (Lipinski definition) is 4. The summed E-state index contributed by atoms with van der Waals surface area (Å²) in [6.07, 6.45) is 2.36. The number of ether oxygens (including phenoxy) is 1. The standard InChI is InChI=1S/C22H23N3O2/c1-25(19-9-4-3-5-10-19)21-16-18(13-14-23-21)22(26)24-15-12-17-8-6-7-11-20(17)27-2/h3-11,13-14,16H,12,15H2,1-2H3,(H,24,26). The average Bonchev–Trinajstić information content (AvgIpc) is 2.74. The molecule has 1 aromatic heterocycles. The van der Waals surface area contributed by atoms with Gasteiger partial charge in [0.15, 0.2) is 0 Å². The fraction of sp³-hybridized carbons (Fsp3) is 0.182. The second kappa shape index (κ2) is 8.85. The van der Waals surface area contributed by atoms with Crippen LogP contribution in [0.25, 0.3) is 0 Å². The highest BCUT2D eigenvalue weighted by atomic mass is 16.5. The van der Waals surface area contributed by atoms with Crippen molar-refractivity contribution >= 4 is 17.4 Å². The van der Waals surface area contributed by atoms with Gasteiger partial charge in [-0.1, -0.05) is 36.4 Å². The molecule has 5 nitrogen and oxygen atoms in total. The van der Waals surface area contributed by atoms with Crippen molar-refractivity contribution < 1.29 is 9.53 Å². The van der Waals surface area contributed by atoms with Gasteiger partial charge >= 0.3 is 0 Å². The molecule has 1 N–H and O–H groups in total. The smallest absolute Gasteiger partial charge is 0.251 e. The van der Waals surface area contributed by atoms with E-state index in [0.717, 1.165) is 22.8 Å². The Labute approximate surface area is 159 Å². The maximum atomic E-state index is 12.5. The van der Waals surface area contributed by atoms with Gasteiger partial charge in [0.1, 0.15) is 11.6 Å². The van der Waals surface area contributed by atoms with Crippen molar-refractivity contribution in [3.8, 4) is 5.75 Å². The van der Waals surface area contributed by atoms with E-state index in [1.54, 1.807) is 25.4 Å². The van der Waals surface area contributed by atoms with Crippen LogP contribution in [0.4, 0.5) is 11.5 Å². The van der Waals surface area contributed by atoms with E-state index in [1.807, 2.05) is 66.5 Å². The molecule has 0 aliphatic heterocycles. The summed E-state index contributed by atoms with van der Waals surface area (Å²) in [7, 11) is 3.58. The molecule has 0 saturated carbocycles. The first-order chi connectivity index (χ1) is 13.2. The number of amides is 1. The van der Waals surface area contributed by atoms with Crippen LogP contribution in [0.2, 0.25) is 0 Å². The molecule has 0 radical (unpaired) electrons. The maximum Gasteiger partial charge on any atom is 0.251 e. The Morgan fingerprint density at radius 3 is 2.59 bits per heavy atom. The predicted molar refractivity (Wildman–Crippen MR) is 108 cm³/mol. The highest BCUT2D eigenvalue weighted by molar-refractivity contribution is 5.95. The van der Waals surface area contributed by atoms with Crippen LogP contribution in [-0.2, 0) is 6.42 Å². The number of nitrogens with zero attached hydrogens (tertiary/aromatic N) is 2. The number of carbonyl (C=O) groups is 1. The van der Waals surface area contributed by atoms with Gasteiger partial charge in [-0.05, 0) is 42.3 Å². The quantitative estimate of drug-likeness (QED) is 0.695. The Balaban J connectivity index is 1.63. The van der Waals surface area contributed by atoms with Crippen LogP contribution in [-0.4, -0.2) is 31.6 Å². The molecule has 0 unspecified atom stereocenters. The zero-order chi connectivity index (χ0) is 19.1. The lowest BCUT2D eigenvalue weighted by molar-refractivity contribution is 0.0954. The minimum Gasteiger partial charge on any atom is -0.496 e. The lowest BCUT2D eigenvalue weighted by Gasteiger charge is -2.18. The third-order valence-electron chi connectivity index (χ3n) is 4.37. The second-order valence-corrected chi connectivity index (χ2v) is 6.12. The first-order valence-electron chi connectivity index (χ1n) is 8.84. The summed E-state index contributed by atoms with van der Waals surface area (Å²) in [5.41, 5.74) is 2.67. The number of aromatic nitrogens is 1. The summed E-state index contributed by atoms with van der Waals surface area (Å²) in [5.74, 6) is 1.44. The fourth-order valence-corrected chi connectivity index (χ4v) is 2.85. The average molecular weight is 361 g/mol. The number of anilines is 2. The lowest BCUT2D eigenvalue weighted by atomic mass is 10.1. The summed E-state index contributed by atoms with van der Waals surface area (Å²) in [5, 5.41) is 2.96. The van der Waals surface area contributed by atoms with Gasteiger partial charge in [-0.25, -0.2) is 4.98 Å². The predicted octanol–water partition coefficient (Wildman–Crippen LogP) is 3.83. The number of benzene rings is 2. The minimum absolute atomic E-state index is 0.116. The Bertz CT molecular complexity index is 897. The van der Waals surface area contributed by atoms with Gasteiger partial charge < -0.3 is 15.0 Å². The molecule has 0 aliphatic rings. The number of methoxy groups -OCH3 is 1. The van der Waals surface area contributed by atoms with Crippen molar-refractivity contribution in [1.82, 2.24) is 10.3 Å². The molecule has 3 aromatic rings. The molecule has 27 heavy (non-hydrogen) atoms. The molecule has 0 spiro atoms. The SMILES string of the molecule is COc1ccccc1CCNC(=O)c1ccnc(N(C)c2ccccc2)c1. The summed E-state index contributed by atoms with van der Waals surface area (Å²) >= 11 is 0. The van der Waals surface area contributed by atoms with Crippen molar-refractivity contribution in [3.05, 3.63) is 84.1 Å². The van der Waals surface area contributed by atoms with Crippen LogP contribution < -0.4 is 15.0 Å². The lowest BCUT2D eigenvalue weighted by Crippen LogP contribution is -2.26. The number of hydrogen-bond donors (Lipinski definition) is 1. The van der Waals surface area contributed by atoms with Crippen molar-refractivity contribution in [3.63, 3.8) is 0 Å². The zero-order valence-electron chi connectivity index (χ0n) is 15.6. The van der Waals surface area contributed by atoms with Crippen molar-refractivity contribution in [1.29, 1.82) is 0 Å². The normalized spacial score (nSPS) is 10.3. The van der Waals surface area contributed by atoms with E-state index in [9.17, 15) is 4.79 Å². The van der Waals surface area contributed by atoms with E-state index in [1.165, 1.54) is 0 Å². The van der Waals surface area contributed by atoms with Crippen LogP contribution in [0.3, 0.4) is 0 Å². The number of pyridine rings is 1. The monoisotopic (exact) mass is 361 g/mol. The number of para-hydroxylation sites is 2. The van der Waals surface area contributed by atoms with E-state index >= 15 is 0 Å². The van der Waals surface area contributed by atoms with Gasteiger partial charge in [0.05, 0.1) is 7.11 Å². The number of nitrogens with one attached hydrogen (secondary N) is 1. The van der Waals surface area contributed by atoms with E-state index < -0.39 is 0 Å². The molecule has 0 aliphatic carbocycles. The van der Waals surface area contributed by atoms with E-state index in [0.29, 0.717) is 18.5 Å². The molecular weight excluding hydrogens is 338 g/mol. The maximum absolute atomic E-state index is 12.5. The minimum atomic E-state index is -0.116. The Morgan fingerprint density at radius 2 is 1.81 bits per heavy atom. The van der Waals surface area contributed by atoms with Crippen LogP contribution in [0.1, 0.15) is 15.9 Å². The van der Waals surface area contributed by atoms with Crippen molar-refractivity contribution in [2.45, 2.75) is 6.42 Å².